The molecule has 3 rings (SSSR count). The number of carbonyl (C=O) groups is 2. The number of halogens is 1. The van der Waals surface area contributed by atoms with Crippen LogP contribution in [0.1, 0.15) is 28.7 Å². The number of rotatable bonds is 6. The third-order valence-electron chi connectivity index (χ3n) is 4.02. The first-order valence-electron chi connectivity index (χ1n) is 8.72. The Morgan fingerprint density at radius 2 is 1.93 bits per heavy atom. The number of benzene rings is 2. The minimum absolute atomic E-state index is 0.0433. The zero-order valence-corrected chi connectivity index (χ0v) is 16.2. The van der Waals surface area contributed by atoms with E-state index >= 15 is 0 Å². The SMILES string of the molecule is CCc1ccccc1NC(=O)COC(=O)c1nn(-c2cccc(Cl)c2)nc1C. The Morgan fingerprint density at radius 1 is 1.14 bits per heavy atom. The number of ether oxygens (including phenoxy) is 1. The lowest BCUT2D eigenvalue weighted by Gasteiger charge is -2.09. The summed E-state index contributed by atoms with van der Waals surface area (Å²) in [5.41, 5.74) is 2.75. The van der Waals surface area contributed by atoms with Crippen LogP contribution >= 0.6 is 11.6 Å². The van der Waals surface area contributed by atoms with Gasteiger partial charge in [0.2, 0.25) is 0 Å². The van der Waals surface area contributed by atoms with Gasteiger partial charge in [0.1, 0.15) is 0 Å². The lowest BCUT2D eigenvalue weighted by atomic mass is 10.1. The van der Waals surface area contributed by atoms with Crippen LogP contribution in [-0.2, 0) is 16.0 Å². The number of nitrogens with zero attached hydrogens (tertiary/aromatic N) is 3. The van der Waals surface area contributed by atoms with Crippen LogP contribution in [0, 0.1) is 6.92 Å². The summed E-state index contributed by atoms with van der Waals surface area (Å²) in [5, 5.41) is 11.6. The van der Waals surface area contributed by atoms with E-state index in [1.54, 1.807) is 37.3 Å². The topological polar surface area (TPSA) is 86.1 Å². The molecule has 1 heterocycles. The molecule has 2 aromatic carbocycles. The molecule has 28 heavy (non-hydrogen) atoms. The molecule has 7 nitrogen and oxygen atoms in total. The number of aromatic nitrogens is 3. The Hall–Kier alpha value is -3.19. The minimum atomic E-state index is -0.718. The van der Waals surface area contributed by atoms with Gasteiger partial charge in [-0.3, -0.25) is 4.79 Å². The molecule has 3 aromatic rings. The van der Waals surface area contributed by atoms with Gasteiger partial charge in [-0.1, -0.05) is 42.8 Å². The van der Waals surface area contributed by atoms with Gasteiger partial charge in [-0.05, 0) is 43.2 Å². The maximum Gasteiger partial charge on any atom is 0.361 e. The van der Waals surface area contributed by atoms with Gasteiger partial charge >= 0.3 is 5.97 Å². The fourth-order valence-corrected chi connectivity index (χ4v) is 2.80. The number of para-hydroxylation sites is 1. The highest BCUT2D eigenvalue weighted by Gasteiger charge is 2.19. The van der Waals surface area contributed by atoms with Crippen molar-refractivity contribution in [2.45, 2.75) is 20.3 Å². The van der Waals surface area contributed by atoms with Crippen molar-refractivity contribution < 1.29 is 14.3 Å². The highest BCUT2D eigenvalue weighted by Crippen LogP contribution is 2.16. The summed E-state index contributed by atoms with van der Waals surface area (Å²) < 4.78 is 5.10. The maximum atomic E-state index is 12.3. The number of hydrogen-bond acceptors (Lipinski definition) is 5. The first kappa shape index (κ1) is 19.6. The van der Waals surface area contributed by atoms with E-state index in [1.165, 1.54) is 4.80 Å². The molecule has 0 bridgehead atoms. The summed E-state index contributed by atoms with van der Waals surface area (Å²) in [5.74, 6) is -1.14. The largest absolute Gasteiger partial charge is 0.451 e. The Labute approximate surface area is 167 Å². The molecule has 0 aliphatic carbocycles. The van der Waals surface area contributed by atoms with E-state index in [-0.39, 0.29) is 5.69 Å². The summed E-state index contributed by atoms with van der Waals surface area (Å²) in [6.07, 6.45) is 0.780. The van der Waals surface area contributed by atoms with Crippen molar-refractivity contribution in [3.63, 3.8) is 0 Å². The van der Waals surface area contributed by atoms with Crippen molar-refractivity contribution >= 4 is 29.2 Å². The standard InChI is InChI=1S/C20H19ClN4O3/c1-3-14-7-4-5-10-17(14)22-18(26)12-28-20(27)19-13(2)23-25(24-19)16-9-6-8-15(21)11-16/h4-11H,3,12H2,1-2H3,(H,22,26). The van der Waals surface area contributed by atoms with E-state index in [4.69, 9.17) is 16.3 Å². The summed E-state index contributed by atoms with van der Waals surface area (Å²) in [4.78, 5) is 25.7. The molecule has 0 aliphatic rings. The second kappa shape index (κ2) is 8.67. The average molecular weight is 399 g/mol. The number of amides is 1. The van der Waals surface area contributed by atoms with E-state index in [0.717, 1.165) is 12.0 Å². The number of hydrogen-bond donors (Lipinski definition) is 1. The molecule has 0 atom stereocenters. The van der Waals surface area contributed by atoms with Gasteiger partial charge in [0.25, 0.3) is 5.91 Å². The van der Waals surface area contributed by atoms with E-state index in [0.29, 0.717) is 22.1 Å². The first-order chi connectivity index (χ1) is 13.5. The predicted molar refractivity (Wildman–Crippen MR) is 106 cm³/mol. The van der Waals surface area contributed by atoms with Crippen molar-refractivity contribution in [1.82, 2.24) is 15.0 Å². The molecule has 0 spiro atoms. The van der Waals surface area contributed by atoms with Crippen molar-refractivity contribution in [1.29, 1.82) is 0 Å². The molecule has 0 aliphatic heterocycles. The van der Waals surface area contributed by atoms with Gasteiger partial charge < -0.3 is 10.1 Å². The highest BCUT2D eigenvalue weighted by atomic mass is 35.5. The van der Waals surface area contributed by atoms with Crippen LogP contribution in [0.4, 0.5) is 5.69 Å². The molecule has 1 aromatic heterocycles. The molecule has 1 N–H and O–H groups in total. The fourth-order valence-electron chi connectivity index (χ4n) is 2.62. The van der Waals surface area contributed by atoms with E-state index in [1.807, 2.05) is 25.1 Å². The third kappa shape index (κ3) is 4.55. The number of nitrogens with one attached hydrogen (secondary N) is 1. The van der Waals surface area contributed by atoms with Crippen LogP contribution in [-0.4, -0.2) is 33.5 Å². The fraction of sp³-hybridized carbons (Fsp3) is 0.200. The summed E-state index contributed by atoms with van der Waals surface area (Å²) >= 11 is 5.97. The maximum absolute atomic E-state index is 12.3. The second-order valence-electron chi connectivity index (χ2n) is 6.04. The number of aryl methyl sites for hydroxylation is 2. The lowest BCUT2D eigenvalue weighted by molar-refractivity contribution is -0.119. The van der Waals surface area contributed by atoms with Gasteiger partial charge in [-0.2, -0.15) is 9.90 Å². The Morgan fingerprint density at radius 3 is 2.68 bits per heavy atom. The van der Waals surface area contributed by atoms with Crippen LogP contribution in [0.5, 0.6) is 0 Å². The van der Waals surface area contributed by atoms with Crippen molar-refractivity contribution in [3.8, 4) is 5.69 Å². The summed E-state index contributed by atoms with van der Waals surface area (Å²) in [6, 6.07) is 14.4. The van der Waals surface area contributed by atoms with Crippen LogP contribution in [0.2, 0.25) is 5.02 Å². The minimum Gasteiger partial charge on any atom is -0.451 e. The van der Waals surface area contributed by atoms with Crippen LogP contribution in [0.3, 0.4) is 0 Å². The Balaban J connectivity index is 1.64. The smallest absolute Gasteiger partial charge is 0.361 e. The van der Waals surface area contributed by atoms with Gasteiger partial charge in [-0.25, -0.2) is 4.79 Å². The lowest BCUT2D eigenvalue weighted by Crippen LogP contribution is -2.22. The Kier molecular flexibility index (Phi) is 6.06. The molecular weight excluding hydrogens is 380 g/mol. The number of carbonyl (C=O) groups excluding carboxylic acids is 2. The first-order valence-corrected chi connectivity index (χ1v) is 9.10. The van der Waals surface area contributed by atoms with Crippen LogP contribution in [0.15, 0.2) is 48.5 Å². The van der Waals surface area contributed by atoms with Gasteiger partial charge in [0.05, 0.1) is 11.4 Å². The van der Waals surface area contributed by atoms with E-state index in [2.05, 4.69) is 15.5 Å². The summed E-state index contributed by atoms with van der Waals surface area (Å²) in [6.45, 7) is 3.22. The molecular formula is C20H19ClN4O3. The highest BCUT2D eigenvalue weighted by molar-refractivity contribution is 6.30. The molecule has 0 saturated carbocycles. The van der Waals surface area contributed by atoms with Gasteiger partial charge in [0, 0.05) is 10.7 Å². The molecule has 0 fully saturated rings. The summed E-state index contributed by atoms with van der Waals surface area (Å²) in [7, 11) is 0. The molecule has 0 unspecified atom stereocenters. The molecule has 1 amide bonds. The molecule has 144 valence electrons. The molecule has 0 radical (unpaired) electrons. The van der Waals surface area contributed by atoms with Crippen molar-refractivity contribution in [2.24, 2.45) is 0 Å². The quantitative estimate of drug-likeness (QED) is 0.641. The Bertz CT molecular complexity index is 1020. The number of anilines is 1. The van der Waals surface area contributed by atoms with Crippen LogP contribution < -0.4 is 5.32 Å². The van der Waals surface area contributed by atoms with E-state index < -0.39 is 18.5 Å². The van der Waals surface area contributed by atoms with Gasteiger partial charge in [0.15, 0.2) is 12.3 Å². The number of esters is 1. The van der Waals surface area contributed by atoms with Gasteiger partial charge in [-0.15, -0.1) is 5.10 Å². The van der Waals surface area contributed by atoms with Crippen LogP contribution in [0.25, 0.3) is 5.69 Å². The third-order valence-corrected chi connectivity index (χ3v) is 4.26. The van der Waals surface area contributed by atoms with E-state index in [9.17, 15) is 9.59 Å². The second-order valence-corrected chi connectivity index (χ2v) is 6.47. The zero-order chi connectivity index (χ0) is 20.1. The zero-order valence-electron chi connectivity index (χ0n) is 15.5. The molecule has 0 saturated heterocycles. The monoisotopic (exact) mass is 398 g/mol. The van der Waals surface area contributed by atoms with Crippen molar-refractivity contribution in [2.75, 3.05) is 11.9 Å². The van der Waals surface area contributed by atoms with Crippen molar-refractivity contribution in [3.05, 3.63) is 70.5 Å². The normalized spacial score (nSPS) is 10.5. The average Bonchev–Trinajstić information content (AvgIpc) is 3.08. The predicted octanol–water partition coefficient (Wildman–Crippen LogP) is 3.59. The molecule has 8 heteroatoms.